The van der Waals surface area contributed by atoms with Gasteiger partial charge in [0.05, 0.1) is 6.04 Å². The first kappa shape index (κ1) is 14.2. The Morgan fingerprint density at radius 1 is 1.71 bits per heavy atom. The number of amides is 1. The molecule has 0 fully saturated rings. The Labute approximate surface area is 111 Å². The Hall–Kier alpha value is -0.877. The summed E-state index contributed by atoms with van der Waals surface area (Å²) in [6, 6.07) is -0.0263. The van der Waals surface area contributed by atoms with Crippen molar-refractivity contribution in [1.82, 2.24) is 14.8 Å². The molecule has 1 amide bonds. The van der Waals surface area contributed by atoms with E-state index in [0.29, 0.717) is 6.42 Å². The van der Waals surface area contributed by atoms with Gasteiger partial charge in [0.15, 0.2) is 12.0 Å². The molecule has 0 saturated carbocycles. The fourth-order valence-electron chi connectivity index (χ4n) is 1.82. The third-order valence-corrected chi connectivity index (χ3v) is 2.60. The summed E-state index contributed by atoms with van der Waals surface area (Å²) < 4.78 is 15.0. The number of nitrogens with zero attached hydrogens (tertiary/aromatic N) is 4. The third-order valence-electron chi connectivity index (χ3n) is 2.60. The summed E-state index contributed by atoms with van der Waals surface area (Å²) in [5, 5.41) is 3.95. The van der Waals surface area contributed by atoms with Crippen molar-refractivity contribution in [2.45, 2.75) is 32.0 Å². The fraction of sp³-hybridized carbons (Fsp3) is 0.667. The molecule has 2 rings (SSSR count). The van der Waals surface area contributed by atoms with Crippen LogP contribution in [0.5, 0.6) is 0 Å². The monoisotopic (exact) mass is 329 g/mol. The molecular weight excluding hydrogens is 316 g/mol. The third kappa shape index (κ3) is 2.52. The minimum Gasteiger partial charge on any atom is -0.524 e. The number of carbonyl (C=O) groups is 1. The van der Waals surface area contributed by atoms with Gasteiger partial charge < -0.3 is 15.1 Å². The molecule has 0 aliphatic carbocycles. The molecule has 0 saturated heterocycles. The van der Waals surface area contributed by atoms with E-state index in [2.05, 4.69) is 20.4 Å². The molecule has 1 radical (unpaired) electrons. The van der Waals surface area contributed by atoms with Crippen LogP contribution in [0.3, 0.4) is 0 Å². The first-order valence-electron chi connectivity index (χ1n) is 5.06. The maximum Gasteiger partial charge on any atom is 1.00 e. The Morgan fingerprint density at radius 2 is 2.41 bits per heavy atom. The van der Waals surface area contributed by atoms with Gasteiger partial charge in [-0.2, -0.15) is 0 Å². The van der Waals surface area contributed by atoms with Crippen LogP contribution in [0, 0.1) is 0 Å². The summed E-state index contributed by atoms with van der Waals surface area (Å²) in [5.74, 6) is -0.592. The van der Waals surface area contributed by atoms with E-state index in [-0.39, 0.29) is 37.2 Å². The van der Waals surface area contributed by atoms with Crippen LogP contribution in [0.25, 0.3) is 5.48 Å². The van der Waals surface area contributed by atoms with Crippen LogP contribution in [0.1, 0.15) is 48.4 Å². The van der Waals surface area contributed by atoms with Gasteiger partial charge in [0.25, 0.3) is 0 Å². The number of aromatic nitrogens is 3. The van der Waals surface area contributed by atoms with E-state index >= 15 is 0 Å². The van der Waals surface area contributed by atoms with Gasteiger partial charge in [-0.15, -0.1) is 5.10 Å². The van der Waals surface area contributed by atoms with Gasteiger partial charge in [-0.1, -0.05) is 6.92 Å². The molecule has 2 unspecified atom stereocenters. The molecule has 2 atom stereocenters. The Morgan fingerprint density at radius 3 is 3.00 bits per heavy atom. The quantitative estimate of drug-likeness (QED) is 0.626. The van der Waals surface area contributed by atoms with E-state index < -0.39 is 12.1 Å². The summed E-state index contributed by atoms with van der Waals surface area (Å²) in [6.45, 7) is 1.94. The van der Waals surface area contributed by atoms with Crippen LogP contribution in [0.2, 0.25) is 0 Å². The molecule has 6 nitrogen and oxygen atoms in total. The summed E-state index contributed by atoms with van der Waals surface area (Å²) in [6.07, 6.45) is -0.0189. The Bertz CT molecular complexity index is 412. The number of hydroxylamine groups is 1. The Kier molecular flexibility index (Phi) is 4.71. The normalized spacial score (nSPS) is 21.8. The second-order valence-corrected chi connectivity index (χ2v) is 3.58. The van der Waals surface area contributed by atoms with Crippen LogP contribution in [-0.4, -0.2) is 27.8 Å². The van der Waals surface area contributed by atoms with Crippen molar-refractivity contribution in [1.29, 1.82) is 0 Å². The zero-order valence-corrected chi connectivity index (χ0v) is 11.1. The van der Waals surface area contributed by atoms with E-state index in [1.54, 1.807) is 0 Å². The van der Waals surface area contributed by atoms with Gasteiger partial charge in [0.1, 0.15) is 5.91 Å². The van der Waals surface area contributed by atoms with Crippen molar-refractivity contribution in [2.75, 3.05) is 7.11 Å². The summed E-state index contributed by atoms with van der Waals surface area (Å²) in [5.41, 5.74) is 3.18. The van der Waals surface area contributed by atoms with Crippen molar-refractivity contribution < 1.29 is 33.5 Å². The predicted molar refractivity (Wildman–Crippen MR) is 52.5 cm³/mol. The second-order valence-electron chi connectivity index (χ2n) is 3.58. The van der Waals surface area contributed by atoms with Crippen molar-refractivity contribution in [2.24, 2.45) is 0 Å². The molecule has 95 valence electrons. The zero-order chi connectivity index (χ0) is 11.7. The fourth-order valence-corrected chi connectivity index (χ4v) is 1.82. The summed E-state index contributed by atoms with van der Waals surface area (Å²) in [4.78, 5) is 19.5. The van der Waals surface area contributed by atoms with Crippen molar-refractivity contribution in [3.8, 4) is 0 Å². The van der Waals surface area contributed by atoms with Crippen molar-refractivity contribution in [3.05, 3.63) is 17.1 Å². The molecule has 0 N–H and O–H groups in total. The minimum absolute atomic E-state index is 0. The standard InChI is InChI=1S/C9H13FN4O2.Ru/c1-3-5-4-6(10)8-11-7(12-14(5)8)9(15)13-16-2;/h5-6H,3-4H2,1-2H3,(H,13,15);/q;+1/p-1. The van der Waals surface area contributed by atoms with Crippen LogP contribution >= 0.6 is 0 Å². The summed E-state index contributed by atoms with van der Waals surface area (Å²) >= 11 is 0. The van der Waals surface area contributed by atoms with E-state index in [0.717, 1.165) is 6.42 Å². The number of alkyl halides is 1. The molecule has 8 heteroatoms. The molecule has 1 aliphatic heterocycles. The van der Waals surface area contributed by atoms with Crippen LogP contribution in [0.15, 0.2) is 0 Å². The van der Waals surface area contributed by atoms with Crippen LogP contribution in [0.4, 0.5) is 4.39 Å². The summed E-state index contributed by atoms with van der Waals surface area (Å²) in [7, 11) is 1.26. The first-order chi connectivity index (χ1) is 7.67. The smallest absolute Gasteiger partial charge is 0.524 e. The SMILES string of the molecule is CCC1CC(F)c2nc(C(=O)[N-]OC)nn21.[Ru+]. The van der Waals surface area contributed by atoms with E-state index in [4.69, 9.17) is 0 Å². The van der Waals surface area contributed by atoms with Crippen LogP contribution in [-0.2, 0) is 24.3 Å². The van der Waals surface area contributed by atoms with Gasteiger partial charge in [0, 0.05) is 13.5 Å². The molecule has 1 aliphatic rings. The number of rotatable bonds is 3. The van der Waals surface area contributed by atoms with E-state index in [9.17, 15) is 9.18 Å². The van der Waals surface area contributed by atoms with E-state index in [1.165, 1.54) is 11.8 Å². The maximum atomic E-state index is 13.5. The first-order valence-corrected chi connectivity index (χ1v) is 5.06. The molecule has 2 heterocycles. The molecule has 0 spiro atoms. The molecule has 1 aromatic heterocycles. The van der Waals surface area contributed by atoms with Crippen molar-refractivity contribution >= 4 is 5.91 Å². The minimum atomic E-state index is -1.15. The Balaban J connectivity index is 0.00000144. The average molecular weight is 328 g/mol. The number of carbonyl (C=O) groups excluding carboxylic acids is 1. The molecule has 17 heavy (non-hydrogen) atoms. The van der Waals surface area contributed by atoms with E-state index in [1.807, 2.05) is 6.92 Å². The molecule has 1 aromatic rings. The number of halogens is 1. The molecule has 0 bridgehead atoms. The zero-order valence-electron chi connectivity index (χ0n) is 9.41. The second kappa shape index (κ2) is 5.64. The number of hydrogen-bond donors (Lipinski definition) is 0. The van der Waals surface area contributed by atoms with Gasteiger partial charge in [-0.3, -0.25) is 0 Å². The van der Waals surface area contributed by atoms with Gasteiger partial charge >= 0.3 is 19.5 Å². The number of fused-ring (bicyclic) bond motifs is 1. The average Bonchev–Trinajstić information content (AvgIpc) is 2.80. The molecule has 0 aromatic carbocycles. The largest absolute Gasteiger partial charge is 1.00 e. The molecular formula is C9H12FN4O2Ru. The van der Waals surface area contributed by atoms with Crippen LogP contribution < -0.4 is 0 Å². The van der Waals surface area contributed by atoms with Crippen molar-refractivity contribution in [3.63, 3.8) is 0 Å². The van der Waals surface area contributed by atoms with Gasteiger partial charge in [0.2, 0.25) is 5.82 Å². The number of hydrogen-bond acceptors (Lipinski definition) is 4. The predicted octanol–water partition coefficient (Wildman–Crippen LogP) is 1.72. The topological polar surface area (TPSA) is 71.1 Å². The van der Waals surface area contributed by atoms with Gasteiger partial charge in [-0.25, -0.2) is 14.1 Å². The maximum absolute atomic E-state index is 13.5. The van der Waals surface area contributed by atoms with Gasteiger partial charge in [-0.05, 0) is 6.42 Å².